The van der Waals surface area contributed by atoms with Crippen molar-refractivity contribution in [1.29, 1.82) is 0 Å². The highest BCUT2D eigenvalue weighted by molar-refractivity contribution is 6.36. The van der Waals surface area contributed by atoms with Crippen LogP contribution in [-0.2, 0) is 0 Å². The molecule has 48 heavy (non-hydrogen) atoms. The SMILES string of the molecule is Nc1ccc(-c2ccc3c(c2)C(=O)N(c2ccc(N4C(=O)c5ccc(-c6ccc(N)cc6)cc5C4=O)c(-c4ccncc4)c2)C3=O)cc1. The average molecular weight is 628 g/mol. The van der Waals surface area contributed by atoms with Gasteiger partial charge in [-0.1, -0.05) is 36.4 Å². The van der Waals surface area contributed by atoms with Crippen molar-refractivity contribution in [1.82, 2.24) is 4.98 Å². The van der Waals surface area contributed by atoms with Gasteiger partial charge in [0.15, 0.2) is 0 Å². The van der Waals surface area contributed by atoms with E-state index in [2.05, 4.69) is 4.98 Å². The van der Waals surface area contributed by atoms with Crippen LogP contribution in [0.25, 0.3) is 33.4 Å². The van der Waals surface area contributed by atoms with Gasteiger partial charge in [0.05, 0.1) is 33.6 Å². The van der Waals surface area contributed by atoms with Gasteiger partial charge < -0.3 is 11.5 Å². The van der Waals surface area contributed by atoms with Gasteiger partial charge in [-0.05, 0) is 107 Å². The summed E-state index contributed by atoms with van der Waals surface area (Å²) in [5.74, 6) is -1.90. The Kier molecular flexibility index (Phi) is 6.48. The topological polar surface area (TPSA) is 140 Å². The molecule has 6 aromatic rings. The molecule has 0 saturated carbocycles. The van der Waals surface area contributed by atoms with E-state index in [0.717, 1.165) is 32.1 Å². The minimum Gasteiger partial charge on any atom is -0.399 e. The van der Waals surface area contributed by atoms with Gasteiger partial charge in [-0.3, -0.25) is 24.2 Å². The summed E-state index contributed by atoms with van der Waals surface area (Å²) in [4.78, 5) is 61.6. The zero-order valence-electron chi connectivity index (χ0n) is 25.3. The van der Waals surface area contributed by atoms with Gasteiger partial charge in [0.2, 0.25) is 0 Å². The number of benzene rings is 5. The van der Waals surface area contributed by atoms with E-state index in [9.17, 15) is 19.2 Å². The lowest BCUT2D eigenvalue weighted by Gasteiger charge is -2.22. The Balaban J connectivity index is 1.18. The summed E-state index contributed by atoms with van der Waals surface area (Å²) in [6, 6.07) is 33.1. The molecule has 9 nitrogen and oxygen atoms in total. The molecule has 1 aromatic heterocycles. The molecule has 0 spiro atoms. The molecule has 4 N–H and O–H groups in total. The Hall–Kier alpha value is -6.87. The molecule has 5 aromatic carbocycles. The summed E-state index contributed by atoms with van der Waals surface area (Å²) >= 11 is 0. The van der Waals surface area contributed by atoms with E-state index in [-0.39, 0.29) is 22.3 Å². The largest absolute Gasteiger partial charge is 0.399 e. The van der Waals surface area contributed by atoms with Gasteiger partial charge in [-0.25, -0.2) is 9.80 Å². The predicted molar refractivity (Wildman–Crippen MR) is 185 cm³/mol. The third kappa shape index (κ3) is 4.52. The number of imide groups is 2. The first kappa shape index (κ1) is 28.6. The lowest BCUT2D eigenvalue weighted by atomic mass is 10.00. The molecule has 9 heteroatoms. The molecule has 0 atom stereocenters. The molecular weight excluding hydrogens is 602 g/mol. The number of amides is 4. The quantitative estimate of drug-likeness (QED) is 0.157. The van der Waals surface area contributed by atoms with Gasteiger partial charge in [-0.2, -0.15) is 0 Å². The highest BCUT2D eigenvalue weighted by Gasteiger charge is 2.40. The van der Waals surface area contributed by atoms with Gasteiger partial charge in [0.25, 0.3) is 23.6 Å². The molecule has 230 valence electrons. The molecule has 2 aliphatic rings. The third-order valence-electron chi connectivity index (χ3n) is 8.73. The maximum Gasteiger partial charge on any atom is 0.266 e. The van der Waals surface area contributed by atoms with Crippen molar-refractivity contribution in [2.45, 2.75) is 0 Å². The van der Waals surface area contributed by atoms with Gasteiger partial charge in [0.1, 0.15) is 0 Å². The van der Waals surface area contributed by atoms with Crippen LogP contribution in [-0.4, -0.2) is 28.6 Å². The number of fused-ring (bicyclic) bond motifs is 2. The summed E-state index contributed by atoms with van der Waals surface area (Å²) in [7, 11) is 0. The third-order valence-corrected chi connectivity index (χ3v) is 8.73. The van der Waals surface area contributed by atoms with Crippen molar-refractivity contribution in [3.63, 3.8) is 0 Å². The van der Waals surface area contributed by atoms with Crippen LogP contribution < -0.4 is 21.3 Å². The maximum absolute atomic E-state index is 13.9. The smallest absolute Gasteiger partial charge is 0.266 e. The Morgan fingerprint density at radius 3 is 1.40 bits per heavy atom. The standard InChI is InChI=1S/C39H25N5O4/c40-27-7-1-22(2-8-27)25-5-12-30-33(19-25)38(47)43(36(30)45)29-11-14-35(32(21-29)24-15-17-42-18-16-24)44-37(46)31-13-6-26(20-34(31)39(44)48)23-3-9-28(41)10-4-23/h1-21H,40-41H2. The summed E-state index contributed by atoms with van der Waals surface area (Å²) < 4.78 is 0. The van der Waals surface area contributed by atoms with Crippen LogP contribution >= 0.6 is 0 Å². The van der Waals surface area contributed by atoms with Crippen LogP contribution in [0, 0.1) is 0 Å². The lowest BCUT2D eigenvalue weighted by Crippen LogP contribution is -2.31. The molecule has 0 radical (unpaired) electrons. The highest BCUT2D eigenvalue weighted by Crippen LogP contribution is 2.41. The summed E-state index contributed by atoms with van der Waals surface area (Å²) in [6.45, 7) is 0. The minimum atomic E-state index is -0.480. The summed E-state index contributed by atoms with van der Waals surface area (Å²) in [5.41, 5.74) is 19.0. The van der Waals surface area contributed by atoms with Gasteiger partial charge in [0, 0.05) is 29.3 Å². The van der Waals surface area contributed by atoms with Crippen molar-refractivity contribution < 1.29 is 19.2 Å². The van der Waals surface area contributed by atoms with Crippen molar-refractivity contribution >= 4 is 46.4 Å². The number of hydrogen-bond acceptors (Lipinski definition) is 7. The number of hydrogen-bond donors (Lipinski definition) is 2. The van der Waals surface area contributed by atoms with Crippen LogP contribution in [0.4, 0.5) is 22.7 Å². The van der Waals surface area contributed by atoms with E-state index in [1.54, 1.807) is 103 Å². The van der Waals surface area contributed by atoms with E-state index in [4.69, 9.17) is 11.5 Å². The molecule has 0 aliphatic carbocycles. The zero-order chi connectivity index (χ0) is 33.1. The molecule has 0 fully saturated rings. The van der Waals surface area contributed by atoms with Crippen molar-refractivity contribution in [3.05, 3.63) is 150 Å². The lowest BCUT2D eigenvalue weighted by molar-refractivity contribution is 0.0909. The van der Waals surface area contributed by atoms with E-state index in [1.165, 1.54) is 0 Å². The van der Waals surface area contributed by atoms with Crippen LogP contribution in [0.5, 0.6) is 0 Å². The van der Waals surface area contributed by atoms with E-state index in [1.807, 2.05) is 24.3 Å². The van der Waals surface area contributed by atoms with Crippen LogP contribution in [0.3, 0.4) is 0 Å². The molecule has 8 rings (SSSR count). The Bertz CT molecular complexity index is 2330. The predicted octanol–water partition coefficient (Wildman–Crippen LogP) is 6.85. The number of nitrogen functional groups attached to an aromatic ring is 2. The first-order chi connectivity index (χ1) is 23.3. The fourth-order valence-corrected chi connectivity index (χ4v) is 6.27. The average Bonchev–Trinajstić information content (AvgIpc) is 3.52. The number of carbonyl (C=O) groups excluding carboxylic acids is 4. The molecule has 2 aliphatic heterocycles. The second-order valence-electron chi connectivity index (χ2n) is 11.6. The van der Waals surface area contributed by atoms with E-state index >= 15 is 0 Å². The van der Waals surface area contributed by atoms with E-state index < -0.39 is 23.6 Å². The molecule has 3 heterocycles. The maximum atomic E-state index is 13.9. The first-order valence-electron chi connectivity index (χ1n) is 15.1. The first-order valence-corrected chi connectivity index (χ1v) is 15.1. The molecule has 4 amide bonds. The normalized spacial score (nSPS) is 13.7. The molecule has 0 unspecified atom stereocenters. The van der Waals surface area contributed by atoms with Gasteiger partial charge in [-0.15, -0.1) is 0 Å². The van der Waals surface area contributed by atoms with Crippen molar-refractivity contribution in [3.8, 4) is 33.4 Å². The fourth-order valence-electron chi connectivity index (χ4n) is 6.27. The Labute approximate surface area is 274 Å². The molecule has 0 bridgehead atoms. The van der Waals surface area contributed by atoms with Crippen LogP contribution in [0.1, 0.15) is 41.4 Å². The highest BCUT2D eigenvalue weighted by atomic mass is 16.2. The van der Waals surface area contributed by atoms with Crippen LogP contribution in [0.2, 0.25) is 0 Å². The Morgan fingerprint density at radius 2 is 0.854 bits per heavy atom. The van der Waals surface area contributed by atoms with Crippen LogP contribution in [0.15, 0.2) is 128 Å². The van der Waals surface area contributed by atoms with Crippen molar-refractivity contribution in [2.24, 2.45) is 0 Å². The summed E-state index contributed by atoms with van der Waals surface area (Å²) in [6.07, 6.45) is 3.18. The van der Waals surface area contributed by atoms with Gasteiger partial charge >= 0.3 is 0 Å². The monoisotopic (exact) mass is 627 g/mol. The van der Waals surface area contributed by atoms with Crippen molar-refractivity contribution in [2.75, 3.05) is 21.3 Å². The zero-order valence-corrected chi connectivity index (χ0v) is 25.3. The second kappa shape index (κ2) is 10.9. The number of nitrogens with two attached hydrogens (primary N) is 2. The number of nitrogens with zero attached hydrogens (tertiary/aromatic N) is 3. The number of pyridine rings is 1. The molecular formula is C39H25N5O4. The number of aromatic nitrogens is 1. The minimum absolute atomic E-state index is 0.274. The number of anilines is 4. The molecule has 0 saturated heterocycles. The second-order valence-corrected chi connectivity index (χ2v) is 11.6. The fraction of sp³-hybridized carbons (Fsp3) is 0. The Morgan fingerprint density at radius 1 is 0.396 bits per heavy atom. The number of rotatable bonds is 5. The summed E-state index contributed by atoms with van der Waals surface area (Å²) in [5, 5.41) is 0. The van der Waals surface area contributed by atoms with E-state index in [0.29, 0.717) is 33.9 Å². The number of carbonyl (C=O) groups is 4.